The first-order valence-electron chi connectivity index (χ1n) is 9.26. The number of aliphatic hydroxyl groups excluding tert-OH is 1. The van der Waals surface area contributed by atoms with Gasteiger partial charge in [0, 0.05) is 25.8 Å². The van der Waals surface area contributed by atoms with E-state index in [0.717, 1.165) is 25.2 Å². The minimum absolute atomic E-state index is 0.0144. The van der Waals surface area contributed by atoms with Crippen LogP contribution in [0.2, 0.25) is 0 Å². The average Bonchev–Trinajstić information content (AvgIpc) is 3.11. The van der Waals surface area contributed by atoms with Crippen LogP contribution in [0.1, 0.15) is 23.8 Å². The zero-order valence-corrected chi connectivity index (χ0v) is 15.5. The number of carbonyl (C=O) groups excluding carboxylic acids is 2. The SMILES string of the molecule is C[C@H](O)CNC(=O)c1ccc2c(n1)N(C(=O)Nc1ccccn1)[C@H]1CCN2C1. The Morgan fingerprint density at radius 2 is 2.18 bits per heavy atom. The molecule has 28 heavy (non-hydrogen) atoms. The molecule has 9 nitrogen and oxygen atoms in total. The molecule has 9 heteroatoms. The molecule has 0 aliphatic carbocycles. The van der Waals surface area contributed by atoms with Crippen molar-refractivity contribution in [1.29, 1.82) is 0 Å². The van der Waals surface area contributed by atoms with Gasteiger partial charge in [-0.25, -0.2) is 14.8 Å². The molecule has 1 fully saturated rings. The Morgan fingerprint density at radius 1 is 1.32 bits per heavy atom. The maximum atomic E-state index is 13.0. The molecule has 0 spiro atoms. The van der Waals surface area contributed by atoms with E-state index in [1.807, 2.05) is 6.07 Å². The minimum Gasteiger partial charge on any atom is -0.392 e. The molecular weight excluding hydrogens is 360 g/mol. The van der Waals surface area contributed by atoms with Gasteiger partial charge < -0.3 is 15.3 Å². The Hall–Kier alpha value is -3.20. The lowest BCUT2D eigenvalue weighted by atomic mass is 10.1. The minimum atomic E-state index is -0.649. The Bertz CT molecular complexity index is 888. The largest absolute Gasteiger partial charge is 0.392 e. The summed E-state index contributed by atoms with van der Waals surface area (Å²) in [5.74, 6) is 0.536. The van der Waals surface area contributed by atoms with E-state index >= 15 is 0 Å². The number of anilines is 3. The van der Waals surface area contributed by atoms with E-state index in [-0.39, 0.29) is 30.2 Å². The lowest BCUT2D eigenvalue weighted by Crippen LogP contribution is -2.48. The number of hydrogen-bond donors (Lipinski definition) is 3. The summed E-state index contributed by atoms with van der Waals surface area (Å²) in [5, 5.41) is 14.8. The van der Waals surface area contributed by atoms with Gasteiger partial charge in [0.1, 0.15) is 11.5 Å². The van der Waals surface area contributed by atoms with Crippen LogP contribution in [0.15, 0.2) is 36.5 Å². The predicted octanol–water partition coefficient (Wildman–Crippen LogP) is 1.22. The van der Waals surface area contributed by atoms with Crippen LogP contribution in [0.5, 0.6) is 0 Å². The number of carbonyl (C=O) groups is 2. The summed E-state index contributed by atoms with van der Waals surface area (Å²) >= 11 is 0. The van der Waals surface area contributed by atoms with Gasteiger partial charge in [0.15, 0.2) is 5.82 Å². The fourth-order valence-corrected chi connectivity index (χ4v) is 3.54. The van der Waals surface area contributed by atoms with E-state index in [9.17, 15) is 14.7 Å². The van der Waals surface area contributed by atoms with Gasteiger partial charge in [0.05, 0.1) is 17.8 Å². The molecule has 4 heterocycles. The van der Waals surface area contributed by atoms with Gasteiger partial charge >= 0.3 is 6.03 Å². The quantitative estimate of drug-likeness (QED) is 0.733. The molecule has 2 aliphatic heterocycles. The van der Waals surface area contributed by atoms with Crippen molar-refractivity contribution in [1.82, 2.24) is 15.3 Å². The highest BCUT2D eigenvalue weighted by atomic mass is 16.3. The number of aliphatic hydroxyl groups is 1. The highest BCUT2D eigenvalue weighted by Gasteiger charge is 2.40. The van der Waals surface area contributed by atoms with Gasteiger partial charge in [0.2, 0.25) is 0 Å². The van der Waals surface area contributed by atoms with E-state index < -0.39 is 6.10 Å². The molecule has 0 saturated carbocycles. The number of pyridine rings is 2. The van der Waals surface area contributed by atoms with Crippen LogP contribution in [0.4, 0.5) is 22.1 Å². The number of fused-ring (bicyclic) bond motifs is 4. The second-order valence-corrected chi connectivity index (χ2v) is 7.00. The topological polar surface area (TPSA) is 111 Å². The zero-order chi connectivity index (χ0) is 19.7. The molecule has 0 unspecified atom stereocenters. The van der Waals surface area contributed by atoms with Crippen LogP contribution in [-0.4, -0.2) is 58.8 Å². The molecule has 0 aromatic carbocycles. The molecule has 3 amide bonds. The van der Waals surface area contributed by atoms with Crippen LogP contribution in [-0.2, 0) is 0 Å². The Morgan fingerprint density at radius 3 is 2.93 bits per heavy atom. The summed E-state index contributed by atoms with van der Waals surface area (Å²) in [6.07, 6.45) is 1.79. The highest BCUT2D eigenvalue weighted by Crippen LogP contribution is 2.39. The molecule has 2 aromatic rings. The Labute approximate surface area is 162 Å². The number of urea groups is 1. The van der Waals surface area contributed by atoms with Crippen molar-refractivity contribution in [3.8, 4) is 0 Å². The third-order valence-electron chi connectivity index (χ3n) is 4.86. The first-order valence-corrected chi connectivity index (χ1v) is 9.26. The average molecular weight is 382 g/mol. The number of aromatic nitrogens is 2. The van der Waals surface area contributed by atoms with E-state index in [1.165, 1.54) is 0 Å². The molecule has 1 saturated heterocycles. The zero-order valence-electron chi connectivity index (χ0n) is 15.5. The number of rotatable bonds is 4. The van der Waals surface area contributed by atoms with Crippen molar-refractivity contribution in [2.24, 2.45) is 0 Å². The molecule has 146 valence electrons. The molecule has 2 aliphatic rings. The van der Waals surface area contributed by atoms with Crippen LogP contribution in [0.25, 0.3) is 0 Å². The number of amides is 3. The Balaban J connectivity index is 1.63. The summed E-state index contributed by atoms with van der Waals surface area (Å²) < 4.78 is 0. The fraction of sp³-hybridized carbons (Fsp3) is 0.368. The molecular formula is C19H22N6O3. The number of nitrogens with one attached hydrogen (secondary N) is 2. The predicted molar refractivity (Wildman–Crippen MR) is 105 cm³/mol. The first kappa shape index (κ1) is 18.2. The standard InChI is InChI=1S/C19H22N6O3/c1-12(26)10-21-18(27)14-5-6-15-17(22-14)25(13-7-9-24(15)11-13)19(28)23-16-4-2-3-8-20-16/h2-6,8,12-13,26H,7,9-11H2,1H3,(H,21,27)(H,20,23,28)/t12-,13-/m0/s1. The van der Waals surface area contributed by atoms with Crippen LogP contribution < -0.4 is 20.4 Å². The normalized spacial score (nSPS) is 18.4. The van der Waals surface area contributed by atoms with Crippen molar-refractivity contribution >= 4 is 29.3 Å². The van der Waals surface area contributed by atoms with Crippen molar-refractivity contribution < 1.29 is 14.7 Å². The lowest BCUT2D eigenvalue weighted by Gasteiger charge is -2.35. The van der Waals surface area contributed by atoms with E-state index in [0.29, 0.717) is 11.6 Å². The highest BCUT2D eigenvalue weighted by molar-refractivity contribution is 6.05. The van der Waals surface area contributed by atoms with Gasteiger partial charge in [-0.15, -0.1) is 0 Å². The van der Waals surface area contributed by atoms with Crippen molar-refractivity contribution in [3.63, 3.8) is 0 Å². The van der Waals surface area contributed by atoms with Gasteiger partial charge in [-0.2, -0.15) is 0 Å². The molecule has 3 N–H and O–H groups in total. The van der Waals surface area contributed by atoms with Gasteiger partial charge in [-0.05, 0) is 37.6 Å². The summed E-state index contributed by atoms with van der Waals surface area (Å²) in [5.41, 5.74) is 1.04. The van der Waals surface area contributed by atoms with Crippen LogP contribution in [0.3, 0.4) is 0 Å². The fourth-order valence-electron chi connectivity index (χ4n) is 3.54. The van der Waals surface area contributed by atoms with Crippen molar-refractivity contribution in [2.75, 3.05) is 34.8 Å². The molecule has 2 aromatic heterocycles. The third kappa shape index (κ3) is 3.48. The maximum absolute atomic E-state index is 13.0. The van der Waals surface area contributed by atoms with Crippen LogP contribution >= 0.6 is 0 Å². The summed E-state index contributed by atoms with van der Waals surface area (Å²) in [7, 11) is 0. The smallest absolute Gasteiger partial charge is 0.329 e. The van der Waals surface area contributed by atoms with Gasteiger partial charge in [0.25, 0.3) is 5.91 Å². The van der Waals surface area contributed by atoms with E-state index in [4.69, 9.17) is 0 Å². The molecule has 2 bridgehead atoms. The lowest BCUT2D eigenvalue weighted by molar-refractivity contribution is 0.0919. The van der Waals surface area contributed by atoms with Crippen molar-refractivity contribution in [3.05, 3.63) is 42.2 Å². The second-order valence-electron chi connectivity index (χ2n) is 7.00. The molecule has 4 rings (SSSR count). The van der Waals surface area contributed by atoms with E-state index in [1.54, 1.807) is 42.3 Å². The first-order chi connectivity index (χ1) is 13.5. The summed E-state index contributed by atoms with van der Waals surface area (Å²) in [4.78, 5) is 37.8. The summed E-state index contributed by atoms with van der Waals surface area (Å²) in [6.45, 7) is 3.30. The van der Waals surface area contributed by atoms with E-state index in [2.05, 4.69) is 25.5 Å². The van der Waals surface area contributed by atoms with Gasteiger partial charge in [-0.3, -0.25) is 15.0 Å². The third-order valence-corrected chi connectivity index (χ3v) is 4.86. The number of hydrogen-bond acceptors (Lipinski definition) is 6. The second kappa shape index (κ2) is 7.43. The maximum Gasteiger partial charge on any atom is 0.329 e. The molecule has 2 atom stereocenters. The van der Waals surface area contributed by atoms with Crippen LogP contribution in [0, 0.1) is 0 Å². The summed E-state index contributed by atoms with van der Waals surface area (Å²) in [6, 6.07) is 8.43. The molecule has 0 radical (unpaired) electrons. The Kier molecular flexibility index (Phi) is 4.82. The monoisotopic (exact) mass is 382 g/mol. The number of nitrogens with zero attached hydrogens (tertiary/aromatic N) is 4. The van der Waals surface area contributed by atoms with Gasteiger partial charge in [-0.1, -0.05) is 6.07 Å². The van der Waals surface area contributed by atoms with Crippen molar-refractivity contribution in [2.45, 2.75) is 25.5 Å².